The normalized spacial score (nSPS) is 11.5. The second-order valence-corrected chi connectivity index (χ2v) is 4.68. The van der Waals surface area contributed by atoms with Gasteiger partial charge >= 0.3 is 0 Å². The summed E-state index contributed by atoms with van der Waals surface area (Å²) in [6, 6.07) is 11.0. The van der Waals surface area contributed by atoms with E-state index in [0.29, 0.717) is 5.92 Å². The van der Waals surface area contributed by atoms with E-state index in [1.165, 1.54) is 5.56 Å². The molecule has 0 aliphatic carbocycles. The summed E-state index contributed by atoms with van der Waals surface area (Å²) in [5, 5.41) is 9.36. The fourth-order valence-corrected chi connectivity index (χ4v) is 2.07. The predicted molar refractivity (Wildman–Crippen MR) is 68.4 cm³/mol. The second kappa shape index (κ2) is 5.16. The zero-order valence-corrected chi connectivity index (χ0v) is 10.7. The first kappa shape index (κ1) is 12.8. The van der Waals surface area contributed by atoms with Crippen molar-refractivity contribution in [3.63, 3.8) is 0 Å². The first-order chi connectivity index (χ1) is 7.59. The Hall–Kier alpha value is -1.29. The Morgan fingerprint density at radius 3 is 1.94 bits per heavy atom. The van der Waals surface area contributed by atoms with Crippen molar-refractivity contribution in [1.29, 1.82) is 5.26 Å². The molecule has 0 saturated heterocycles. The summed E-state index contributed by atoms with van der Waals surface area (Å²) in [5.74, 6) is 0.550. The van der Waals surface area contributed by atoms with Gasteiger partial charge in [-0.05, 0) is 29.9 Å². The molecule has 0 fully saturated rings. The Kier molecular flexibility index (Phi) is 4.12. The van der Waals surface area contributed by atoms with E-state index in [2.05, 4.69) is 58.0 Å². The zero-order valence-electron chi connectivity index (χ0n) is 10.7. The van der Waals surface area contributed by atoms with Gasteiger partial charge in [-0.2, -0.15) is 5.26 Å². The second-order valence-electron chi connectivity index (χ2n) is 4.68. The molecule has 1 aromatic rings. The molecule has 0 bridgehead atoms. The van der Waals surface area contributed by atoms with Crippen molar-refractivity contribution < 1.29 is 0 Å². The molecule has 0 aromatic heterocycles. The van der Waals surface area contributed by atoms with Crippen molar-refractivity contribution in [2.45, 2.75) is 51.9 Å². The third kappa shape index (κ3) is 2.27. The quantitative estimate of drug-likeness (QED) is 0.730. The first-order valence-corrected chi connectivity index (χ1v) is 6.11. The Labute approximate surface area is 99.1 Å². The molecule has 0 radical (unpaired) electrons. The van der Waals surface area contributed by atoms with E-state index in [9.17, 15) is 5.26 Å². The van der Waals surface area contributed by atoms with Gasteiger partial charge in [0.1, 0.15) is 0 Å². The van der Waals surface area contributed by atoms with E-state index in [1.807, 2.05) is 0 Å². The van der Waals surface area contributed by atoms with Crippen LogP contribution in [0.2, 0.25) is 0 Å². The maximum absolute atomic E-state index is 9.36. The summed E-state index contributed by atoms with van der Waals surface area (Å²) in [6.45, 7) is 8.55. The summed E-state index contributed by atoms with van der Waals surface area (Å²) in [7, 11) is 0. The largest absolute Gasteiger partial charge is 0.197 e. The van der Waals surface area contributed by atoms with Gasteiger partial charge in [0.15, 0.2) is 0 Å². The summed E-state index contributed by atoms with van der Waals surface area (Å²) >= 11 is 0. The molecule has 0 aliphatic rings. The number of nitriles is 1. The Morgan fingerprint density at radius 2 is 1.62 bits per heavy atom. The Balaban J connectivity index is 3.09. The molecule has 0 spiro atoms. The van der Waals surface area contributed by atoms with E-state index < -0.39 is 0 Å². The van der Waals surface area contributed by atoms with Crippen LogP contribution in [0.5, 0.6) is 0 Å². The van der Waals surface area contributed by atoms with Gasteiger partial charge in [0.25, 0.3) is 0 Å². The molecule has 1 heteroatoms. The van der Waals surface area contributed by atoms with Crippen molar-refractivity contribution in [2.24, 2.45) is 0 Å². The number of hydrogen-bond donors (Lipinski definition) is 0. The molecule has 1 aromatic carbocycles. The van der Waals surface area contributed by atoms with Crippen LogP contribution >= 0.6 is 0 Å². The molecule has 0 heterocycles. The van der Waals surface area contributed by atoms with Crippen LogP contribution in [0.3, 0.4) is 0 Å². The van der Waals surface area contributed by atoms with Crippen molar-refractivity contribution in [3.05, 3.63) is 35.4 Å². The molecule has 0 atom stereocenters. The average molecular weight is 215 g/mol. The van der Waals surface area contributed by atoms with Crippen LogP contribution in [0.15, 0.2) is 24.3 Å². The Morgan fingerprint density at radius 1 is 1.12 bits per heavy atom. The van der Waals surface area contributed by atoms with Crippen LogP contribution in [0, 0.1) is 11.3 Å². The van der Waals surface area contributed by atoms with Crippen LogP contribution in [0.4, 0.5) is 0 Å². The van der Waals surface area contributed by atoms with E-state index in [1.54, 1.807) is 0 Å². The van der Waals surface area contributed by atoms with Gasteiger partial charge in [0.2, 0.25) is 0 Å². The highest BCUT2D eigenvalue weighted by atomic mass is 14.4. The third-order valence-corrected chi connectivity index (χ3v) is 3.55. The number of rotatable bonds is 4. The van der Waals surface area contributed by atoms with Crippen molar-refractivity contribution in [2.75, 3.05) is 0 Å². The highest BCUT2D eigenvalue weighted by molar-refractivity contribution is 5.35. The molecule has 0 N–H and O–H groups in total. The van der Waals surface area contributed by atoms with E-state index in [-0.39, 0.29) is 5.41 Å². The summed E-state index contributed by atoms with van der Waals surface area (Å²) < 4.78 is 0. The molecule has 1 nitrogen and oxygen atoms in total. The number of nitrogens with zero attached hydrogens (tertiary/aromatic N) is 1. The van der Waals surface area contributed by atoms with Gasteiger partial charge < -0.3 is 0 Å². The molecular formula is C15H21N. The fraction of sp³-hybridized carbons (Fsp3) is 0.533. The van der Waals surface area contributed by atoms with Gasteiger partial charge in [-0.15, -0.1) is 0 Å². The lowest BCUT2D eigenvalue weighted by Crippen LogP contribution is -2.21. The molecule has 0 amide bonds. The van der Waals surface area contributed by atoms with Crippen molar-refractivity contribution >= 4 is 0 Å². The molecular weight excluding hydrogens is 194 g/mol. The molecule has 0 aliphatic heterocycles. The Bertz CT molecular complexity index is 363. The molecule has 1 rings (SSSR count). The minimum atomic E-state index is -0.296. The van der Waals surface area contributed by atoms with Gasteiger partial charge in [0.05, 0.1) is 11.5 Å². The standard InChI is InChI=1S/C15H21N/c1-5-15(6-2,11-16)14-9-7-13(8-10-14)12(3)4/h7-10,12H,5-6H2,1-4H3. The molecule has 16 heavy (non-hydrogen) atoms. The highest BCUT2D eigenvalue weighted by Gasteiger charge is 2.27. The maximum atomic E-state index is 9.36. The predicted octanol–water partition coefficient (Wildman–Crippen LogP) is 4.39. The van der Waals surface area contributed by atoms with Gasteiger partial charge in [-0.25, -0.2) is 0 Å². The summed E-state index contributed by atoms with van der Waals surface area (Å²) in [5.41, 5.74) is 2.20. The SMILES string of the molecule is CCC(C#N)(CC)c1ccc(C(C)C)cc1. The van der Waals surface area contributed by atoms with Crippen LogP contribution in [-0.4, -0.2) is 0 Å². The third-order valence-electron chi connectivity index (χ3n) is 3.55. The molecule has 86 valence electrons. The van der Waals surface area contributed by atoms with Crippen molar-refractivity contribution in [3.8, 4) is 6.07 Å². The highest BCUT2D eigenvalue weighted by Crippen LogP contribution is 2.31. The lowest BCUT2D eigenvalue weighted by molar-refractivity contribution is 0.511. The van der Waals surface area contributed by atoms with Gasteiger partial charge in [-0.1, -0.05) is 52.0 Å². The first-order valence-electron chi connectivity index (χ1n) is 6.11. The minimum Gasteiger partial charge on any atom is -0.197 e. The van der Waals surface area contributed by atoms with Gasteiger partial charge in [0, 0.05) is 0 Å². The molecule has 0 unspecified atom stereocenters. The molecule has 0 saturated carbocycles. The van der Waals surface area contributed by atoms with Crippen LogP contribution in [-0.2, 0) is 5.41 Å². The van der Waals surface area contributed by atoms with Crippen molar-refractivity contribution in [1.82, 2.24) is 0 Å². The maximum Gasteiger partial charge on any atom is 0.0817 e. The zero-order chi connectivity index (χ0) is 12.2. The van der Waals surface area contributed by atoms with Crippen LogP contribution in [0.25, 0.3) is 0 Å². The van der Waals surface area contributed by atoms with Gasteiger partial charge in [-0.3, -0.25) is 0 Å². The summed E-state index contributed by atoms with van der Waals surface area (Å²) in [6.07, 6.45) is 1.75. The monoisotopic (exact) mass is 215 g/mol. The smallest absolute Gasteiger partial charge is 0.0817 e. The lowest BCUT2D eigenvalue weighted by atomic mass is 9.77. The fourth-order valence-electron chi connectivity index (χ4n) is 2.07. The van der Waals surface area contributed by atoms with E-state index >= 15 is 0 Å². The van der Waals surface area contributed by atoms with Crippen LogP contribution in [0.1, 0.15) is 57.6 Å². The minimum absolute atomic E-state index is 0.296. The number of benzene rings is 1. The topological polar surface area (TPSA) is 23.8 Å². The lowest BCUT2D eigenvalue weighted by Gasteiger charge is -2.24. The van der Waals surface area contributed by atoms with E-state index in [0.717, 1.165) is 18.4 Å². The van der Waals surface area contributed by atoms with E-state index in [4.69, 9.17) is 0 Å². The summed E-state index contributed by atoms with van der Waals surface area (Å²) in [4.78, 5) is 0. The number of hydrogen-bond acceptors (Lipinski definition) is 1. The van der Waals surface area contributed by atoms with Crippen LogP contribution < -0.4 is 0 Å². The average Bonchev–Trinajstić information content (AvgIpc) is 2.33.